The van der Waals surface area contributed by atoms with Crippen molar-refractivity contribution in [3.63, 3.8) is 0 Å². The van der Waals surface area contributed by atoms with Crippen molar-refractivity contribution >= 4 is 17.9 Å². The standard InChI is InChI=1S/C13H13N3O3/c17-11-4-1-5-12(18)10(11)8-15-16-13(19)9-3-2-6-14-7-9/h2-3,6-8,17H,1,4-5H2,(H,16,19)/b15-8+. The van der Waals surface area contributed by atoms with Crippen molar-refractivity contribution in [1.82, 2.24) is 10.4 Å². The van der Waals surface area contributed by atoms with E-state index in [2.05, 4.69) is 15.5 Å². The second-order valence-corrected chi connectivity index (χ2v) is 4.08. The summed E-state index contributed by atoms with van der Waals surface area (Å²) in [4.78, 5) is 27.0. The van der Waals surface area contributed by atoms with Crippen molar-refractivity contribution in [3.05, 3.63) is 41.4 Å². The molecule has 19 heavy (non-hydrogen) atoms. The second-order valence-electron chi connectivity index (χ2n) is 4.08. The Kier molecular flexibility index (Phi) is 4.02. The first kappa shape index (κ1) is 12.9. The summed E-state index contributed by atoms with van der Waals surface area (Å²) in [6, 6.07) is 3.23. The fourth-order valence-corrected chi connectivity index (χ4v) is 1.71. The molecule has 0 atom stereocenters. The van der Waals surface area contributed by atoms with Gasteiger partial charge in [-0.2, -0.15) is 5.10 Å². The zero-order valence-electron chi connectivity index (χ0n) is 10.2. The van der Waals surface area contributed by atoms with Crippen LogP contribution in [0.3, 0.4) is 0 Å². The number of amides is 1. The maximum Gasteiger partial charge on any atom is 0.272 e. The van der Waals surface area contributed by atoms with Crippen LogP contribution in [0.2, 0.25) is 0 Å². The molecule has 6 nitrogen and oxygen atoms in total. The normalized spacial score (nSPS) is 15.9. The molecule has 0 fully saturated rings. The van der Waals surface area contributed by atoms with Crippen LogP contribution in [-0.2, 0) is 4.79 Å². The van der Waals surface area contributed by atoms with Gasteiger partial charge in [-0.25, -0.2) is 5.43 Å². The van der Waals surface area contributed by atoms with Gasteiger partial charge in [-0.3, -0.25) is 14.6 Å². The zero-order chi connectivity index (χ0) is 13.7. The van der Waals surface area contributed by atoms with Crippen LogP contribution >= 0.6 is 0 Å². The van der Waals surface area contributed by atoms with Crippen molar-refractivity contribution in [2.75, 3.05) is 0 Å². The van der Waals surface area contributed by atoms with Gasteiger partial charge in [0.25, 0.3) is 5.91 Å². The Labute approximate surface area is 109 Å². The number of carbonyl (C=O) groups excluding carboxylic acids is 2. The number of aromatic nitrogens is 1. The van der Waals surface area contributed by atoms with Gasteiger partial charge in [-0.1, -0.05) is 0 Å². The summed E-state index contributed by atoms with van der Waals surface area (Å²) in [5, 5.41) is 13.2. The van der Waals surface area contributed by atoms with E-state index in [0.29, 0.717) is 24.8 Å². The van der Waals surface area contributed by atoms with Crippen LogP contribution in [0.15, 0.2) is 41.0 Å². The summed E-state index contributed by atoms with van der Waals surface area (Å²) in [5.74, 6) is -0.563. The largest absolute Gasteiger partial charge is 0.512 e. The van der Waals surface area contributed by atoms with Crippen molar-refractivity contribution in [1.29, 1.82) is 0 Å². The van der Waals surface area contributed by atoms with E-state index >= 15 is 0 Å². The molecule has 1 aliphatic rings. The molecule has 0 saturated heterocycles. The molecular formula is C13H13N3O3. The molecule has 2 rings (SSSR count). The van der Waals surface area contributed by atoms with Gasteiger partial charge in [0.2, 0.25) is 0 Å². The number of pyridine rings is 1. The van der Waals surface area contributed by atoms with Crippen LogP contribution in [0.1, 0.15) is 29.6 Å². The first-order valence-corrected chi connectivity index (χ1v) is 5.87. The number of hydrazone groups is 1. The Morgan fingerprint density at radius 1 is 1.47 bits per heavy atom. The zero-order valence-corrected chi connectivity index (χ0v) is 10.2. The minimum Gasteiger partial charge on any atom is -0.512 e. The second kappa shape index (κ2) is 5.90. The van der Waals surface area contributed by atoms with Gasteiger partial charge in [-0.05, 0) is 18.6 Å². The van der Waals surface area contributed by atoms with E-state index < -0.39 is 5.91 Å². The molecule has 0 bridgehead atoms. The monoisotopic (exact) mass is 259 g/mol. The highest BCUT2D eigenvalue weighted by molar-refractivity contribution is 6.14. The highest BCUT2D eigenvalue weighted by atomic mass is 16.3. The fourth-order valence-electron chi connectivity index (χ4n) is 1.71. The van der Waals surface area contributed by atoms with Crippen LogP contribution in [0.5, 0.6) is 0 Å². The summed E-state index contributed by atoms with van der Waals surface area (Å²) >= 11 is 0. The molecule has 1 aliphatic carbocycles. The lowest BCUT2D eigenvalue weighted by atomic mass is 9.97. The minimum atomic E-state index is -0.423. The molecule has 1 amide bonds. The van der Waals surface area contributed by atoms with E-state index in [-0.39, 0.29) is 17.1 Å². The summed E-state index contributed by atoms with van der Waals surface area (Å²) in [6.45, 7) is 0. The van der Waals surface area contributed by atoms with E-state index in [9.17, 15) is 14.7 Å². The molecule has 0 saturated carbocycles. The molecule has 1 aromatic rings. The topological polar surface area (TPSA) is 91.6 Å². The number of aliphatic hydroxyl groups is 1. The Hall–Kier alpha value is -2.50. The van der Waals surface area contributed by atoms with E-state index in [0.717, 1.165) is 0 Å². The molecule has 1 aromatic heterocycles. The van der Waals surface area contributed by atoms with Crippen LogP contribution in [0.25, 0.3) is 0 Å². The third kappa shape index (κ3) is 3.25. The number of nitrogens with zero attached hydrogens (tertiary/aromatic N) is 2. The predicted molar refractivity (Wildman–Crippen MR) is 68.7 cm³/mol. The molecule has 0 aromatic carbocycles. The quantitative estimate of drug-likeness (QED) is 0.633. The predicted octanol–water partition coefficient (Wildman–Crippen LogP) is 1.36. The van der Waals surface area contributed by atoms with Crippen LogP contribution < -0.4 is 5.43 Å². The van der Waals surface area contributed by atoms with Gasteiger partial charge in [0.15, 0.2) is 5.78 Å². The summed E-state index contributed by atoms with van der Waals surface area (Å²) in [6.07, 6.45) is 5.65. The number of aliphatic hydroxyl groups excluding tert-OH is 1. The number of hydrogen-bond donors (Lipinski definition) is 2. The Morgan fingerprint density at radius 2 is 2.32 bits per heavy atom. The van der Waals surface area contributed by atoms with E-state index in [1.165, 1.54) is 12.4 Å². The summed E-state index contributed by atoms with van der Waals surface area (Å²) in [5.41, 5.74) is 2.81. The summed E-state index contributed by atoms with van der Waals surface area (Å²) in [7, 11) is 0. The lowest BCUT2D eigenvalue weighted by Gasteiger charge is -2.10. The molecule has 1 heterocycles. The average molecular weight is 259 g/mol. The lowest BCUT2D eigenvalue weighted by Crippen LogP contribution is -2.19. The molecule has 0 radical (unpaired) electrons. The fraction of sp³-hybridized carbons (Fsp3) is 0.231. The van der Waals surface area contributed by atoms with E-state index in [1.807, 2.05) is 0 Å². The Balaban J connectivity index is 2.01. The van der Waals surface area contributed by atoms with Crippen molar-refractivity contribution < 1.29 is 14.7 Å². The summed E-state index contributed by atoms with van der Waals surface area (Å²) < 4.78 is 0. The van der Waals surface area contributed by atoms with E-state index in [4.69, 9.17) is 0 Å². The van der Waals surface area contributed by atoms with Crippen molar-refractivity contribution in [2.24, 2.45) is 5.10 Å². The number of rotatable bonds is 3. The smallest absolute Gasteiger partial charge is 0.272 e. The highest BCUT2D eigenvalue weighted by Crippen LogP contribution is 2.18. The number of hydrogen-bond acceptors (Lipinski definition) is 5. The molecule has 2 N–H and O–H groups in total. The van der Waals surface area contributed by atoms with Crippen molar-refractivity contribution in [3.8, 4) is 0 Å². The molecule has 6 heteroatoms. The Morgan fingerprint density at radius 3 is 3.00 bits per heavy atom. The molecule has 0 spiro atoms. The average Bonchev–Trinajstić information content (AvgIpc) is 2.43. The lowest BCUT2D eigenvalue weighted by molar-refractivity contribution is -0.115. The Bertz CT molecular complexity index is 550. The van der Waals surface area contributed by atoms with Gasteiger partial charge < -0.3 is 5.11 Å². The molecular weight excluding hydrogens is 246 g/mol. The SMILES string of the molecule is O=C1CCCC(O)=C1/C=N/NC(=O)c1cccnc1. The third-order valence-electron chi connectivity index (χ3n) is 2.71. The first-order valence-electron chi connectivity index (χ1n) is 5.87. The third-order valence-corrected chi connectivity index (χ3v) is 2.71. The van der Waals surface area contributed by atoms with Crippen LogP contribution in [0, 0.1) is 0 Å². The van der Waals surface area contributed by atoms with E-state index in [1.54, 1.807) is 18.3 Å². The first-order chi connectivity index (χ1) is 9.18. The minimum absolute atomic E-state index is 0.0237. The number of ketones is 1. The number of Topliss-reactive ketones (excluding diaryl/α,β-unsaturated/α-hetero) is 1. The maximum absolute atomic E-state index is 11.6. The highest BCUT2D eigenvalue weighted by Gasteiger charge is 2.18. The van der Waals surface area contributed by atoms with Crippen LogP contribution in [-0.4, -0.2) is 28.0 Å². The number of nitrogens with one attached hydrogen (secondary N) is 1. The van der Waals surface area contributed by atoms with Gasteiger partial charge in [0, 0.05) is 25.2 Å². The van der Waals surface area contributed by atoms with Gasteiger partial charge in [-0.15, -0.1) is 0 Å². The number of carbonyl (C=O) groups is 2. The van der Waals surface area contributed by atoms with Crippen LogP contribution in [0.4, 0.5) is 0 Å². The maximum atomic E-state index is 11.6. The molecule has 98 valence electrons. The molecule has 0 aliphatic heterocycles. The van der Waals surface area contributed by atoms with Gasteiger partial charge in [0.05, 0.1) is 17.4 Å². The van der Waals surface area contributed by atoms with Crippen molar-refractivity contribution in [2.45, 2.75) is 19.3 Å². The molecule has 0 unspecified atom stereocenters. The van der Waals surface area contributed by atoms with Gasteiger partial charge in [0.1, 0.15) is 5.76 Å². The van der Waals surface area contributed by atoms with Gasteiger partial charge >= 0.3 is 0 Å². The number of allylic oxidation sites excluding steroid dienone is 2.